The first-order valence-electron chi connectivity index (χ1n) is 10.3. The number of allylic oxidation sites excluding steroid dienone is 1. The van der Waals surface area contributed by atoms with Gasteiger partial charge in [0.1, 0.15) is 0 Å². The summed E-state index contributed by atoms with van der Waals surface area (Å²) in [6, 6.07) is 27.0. The number of nitro groups is 1. The summed E-state index contributed by atoms with van der Waals surface area (Å²) in [4.78, 5) is 10.5. The Morgan fingerprint density at radius 1 is 0.970 bits per heavy atom. The first-order chi connectivity index (χ1) is 15.9. The molecule has 0 amide bonds. The second kappa shape index (κ2) is 9.43. The van der Waals surface area contributed by atoms with Gasteiger partial charge in [0, 0.05) is 32.8 Å². The van der Waals surface area contributed by atoms with Crippen LogP contribution in [-0.2, 0) is 0 Å². The highest BCUT2D eigenvalue weighted by atomic mass is 127. The van der Waals surface area contributed by atoms with E-state index in [1.54, 1.807) is 12.1 Å². The van der Waals surface area contributed by atoms with Crippen LogP contribution in [-0.4, -0.2) is 9.49 Å². The summed E-state index contributed by atoms with van der Waals surface area (Å²) in [6.07, 6.45) is 1.94. The normalized spacial score (nSPS) is 11.3. The lowest BCUT2D eigenvalue weighted by Crippen LogP contribution is -1.99. The Balaban J connectivity index is 1.66. The van der Waals surface area contributed by atoms with Crippen molar-refractivity contribution in [3.05, 3.63) is 115 Å². The third-order valence-corrected chi connectivity index (χ3v) is 6.30. The number of hydrogen-bond donors (Lipinski definition) is 0. The number of nitro benzene ring substituents is 1. The average Bonchev–Trinajstić information content (AvgIpc) is 3.11. The molecule has 0 aliphatic heterocycles. The topological polar surface area (TPSA) is 71.9 Å². The first-order valence-corrected chi connectivity index (χ1v) is 11.4. The number of rotatable bonds is 5. The van der Waals surface area contributed by atoms with Gasteiger partial charge in [-0.25, -0.2) is 0 Å². The summed E-state index contributed by atoms with van der Waals surface area (Å²) in [5.41, 5.74) is 7.65. The minimum absolute atomic E-state index is 0.0801. The summed E-state index contributed by atoms with van der Waals surface area (Å²) in [5.74, 6) is 0. The van der Waals surface area contributed by atoms with Gasteiger partial charge in [0.15, 0.2) is 0 Å². The van der Waals surface area contributed by atoms with Crippen LogP contribution in [0.2, 0.25) is 0 Å². The Labute approximate surface area is 205 Å². The molecule has 1 aromatic heterocycles. The Kier molecular flexibility index (Phi) is 6.43. The monoisotopic (exact) mass is 545 g/mol. The number of benzene rings is 3. The molecule has 1 heterocycles. The molecule has 0 saturated carbocycles. The zero-order valence-electron chi connectivity index (χ0n) is 18.1. The zero-order chi connectivity index (χ0) is 23.5. The van der Waals surface area contributed by atoms with E-state index in [0.29, 0.717) is 5.57 Å². The first kappa shape index (κ1) is 22.5. The third-order valence-electron chi connectivity index (χ3n) is 5.58. The molecule has 0 N–H and O–H groups in total. The lowest BCUT2D eigenvalue weighted by Gasteiger charge is -2.11. The molecule has 0 atom stereocenters. The second-order valence-corrected chi connectivity index (χ2v) is 8.94. The number of halogens is 1. The van der Waals surface area contributed by atoms with Crippen LogP contribution < -0.4 is 0 Å². The van der Waals surface area contributed by atoms with Gasteiger partial charge >= 0.3 is 0 Å². The molecule has 0 aliphatic rings. The minimum atomic E-state index is -0.396. The molecule has 4 rings (SSSR count). The van der Waals surface area contributed by atoms with Gasteiger partial charge in [-0.15, -0.1) is 0 Å². The highest BCUT2D eigenvalue weighted by Gasteiger charge is 2.12. The molecule has 0 radical (unpaired) electrons. The van der Waals surface area contributed by atoms with Gasteiger partial charge in [0.25, 0.3) is 5.69 Å². The largest absolute Gasteiger partial charge is 0.318 e. The van der Waals surface area contributed by atoms with Crippen molar-refractivity contribution in [1.29, 1.82) is 5.26 Å². The van der Waals surface area contributed by atoms with Crippen LogP contribution in [0, 0.1) is 38.9 Å². The van der Waals surface area contributed by atoms with E-state index in [0.717, 1.165) is 42.9 Å². The van der Waals surface area contributed by atoms with E-state index in [1.165, 1.54) is 12.1 Å². The maximum absolute atomic E-state index is 10.9. The van der Waals surface area contributed by atoms with Crippen LogP contribution in [0.1, 0.15) is 22.5 Å². The molecular weight excluding hydrogens is 525 g/mol. The predicted molar refractivity (Wildman–Crippen MR) is 140 cm³/mol. The molecule has 0 saturated heterocycles. The Bertz CT molecular complexity index is 1390. The molecular formula is C27H20IN3O2. The fourth-order valence-electron chi connectivity index (χ4n) is 3.87. The third kappa shape index (κ3) is 4.73. The van der Waals surface area contributed by atoms with Crippen LogP contribution >= 0.6 is 22.6 Å². The number of aryl methyl sites for hydroxylation is 1. The van der Waals surface area contributed by atoms with Gasteiger partial charge in [-0.05, 0) is 107 Å². The van der Waals surface area contributed by atoms with Crippen LogP contribution in [0.25, 0.3) is 28.5 Å². The molecule has 5 nitrogen and oxygen atoms in total. The van der Waals surface area contributed by atoms with Crippen molar-refractivity contribution in [1.82, 2.24) is 4.57 Å². The van der Waals surface area contributed by atoms with Crippen molar-refractivity contribution in [2.24, 2.45) is 0 Å². The van der Waals surface area contributed by atoms with Crippen molar-refractivity contribution in [3.8, 4) is 22.9 Å². The van der Waals surface area contributed by atoms with Crippen LogP contribution in [0.3, 0.4) is 0 Å². The van der Waals surface area contributed by atoms with Gasteiger partial charge in [-0.1, -0.05) is 24.3 Å². The van der Waals surface area contributed by atoms with Gasteiger partial charge in [-0.2, -0.15) is 5.26 Å². The standard InChI is InChI=1S/C27H20IN3O2/c1-18-15-23(16-24(17-29)22-3-9-25(28)10-4-22)19(2)30(18)26-11-5-20(6-12-26)21-7-13-27(14-8-21)31(32)33/h3-16H,1-2H3/b24-16-. The van der Waals surface area contributed by atoms with E-state index in [4.69, 9.17) is 0 Å². The van der Waals surface area contributed by atoms with E-state index >= 15 is 0 Å². The molecule has 0 fully saturated rings. The van der Waals surface area contributed by atoms with Crippen molar-refractivity contribution in [2.75, 3.05) is 0 Å². The molecule has 0 bridgehead atoms. The molecule has 162 valence electrons. The quantitative estimate of drug-likeness (QED) is 0.114. The lowest BCUT2D eigenvalue weighted by molar-refractivity contribution is -0.384. The Morgan fingerprint density at radius 2 is 1.55 bits per heavy atom. The minimum Gasteiger partial charge on any atom is -0.318 e. The molecule has 4 aromatic rings. The fourth-order valence-corrected chi connectivity index (χ4v) is 4.23. The van der Waals surface area contributed by atoms with E-state index in [2.05, 4.69) is 39.3 Å². The Morgan fingerprint density at radius 3 is 2.09 bits per heavy atom. The summed E-state index contributed by atoms with van der Waals surface area (Å²) < 4.78 is 3.29. The smallest absolute Gasteiger partial charge is 0.269 e. The molecule has 0 spiro atoms. The molecule has 33 heavy (non-hydrogen) atoms. The van der Waals surface area contributed by atoms with Crippen LogP contribution in [0.4, 0.5) is 5.69 Å². The fraction of sp³-hybridized carbons (Fsp3) is 0.0741. The number of nitrogens with zero attached hydrogens (tertiary/aromatic N) is 3. The highest BCUT2D eigenvalue weighted by Crippen LogP contribution is 2.28. The summed E-state index contributed by atoms with van der Waals surface area (Å²) in [6.45, 7) is 4.09. The van der Waals surface area contributed by atoms with E-state index in [-0.39, 0.29) is 5.69 Å². The summed E-state index contributed by atoms with van der Waals surface area (Å²) in [7, 11) is 0. The van der Waals surface area contributed by atoms with Crippen LogP contribution in [0.15, 0.2) is 78.9 Å². The van der Waals surface area contributed by atoms with E-state index in [9.17, 15) is 15.4 Å². The predicted octanol–water partition coefficient (Wildman–Crippen LogP) is 7.34. The van der Waals surface area contributed by atoms with E-state index < -0.39 is 4.92 Å². The Hall–Kier alpha value is -3.70. The summed E-state index contributed by atoms with van der Waals surface area (Å²) in [5, 5.41) is 20.6. The molecule has 6 heteroatoms. The van der Waals surface area contributed by atoms with Crippen molar-refractivity contribution < 1.29 is 4.92 Å². The lowest BCUT2D eigenvalue weighted by atomic mass is 10.0. The van der Waals surface area contributed by atoms with Crippen molar-refractivity contribution in [2.45, 2.75) is 13.8 Å². The summed E-state index contributed by atoms with van der Waals surface area (Å²) >= 11 is 2.25. The maximum Gasteiger partial charge on any atom is 0.269 e. The SMILES string of the molecule is Cc1cc(/C=C(/C#N)c2ccc(I)cc2)c(C)n1-c1ccc(-c2ccc([N+](=O)[O-])cc2)cc1. The number of non-ortho nitro benzene ring substituents is 1. The molecule has 0 unspecified atom stereocenters. The second-order valence-electron chi connectivity index (χ2n) is 7.69. The van der Waals surface area contributed by atoms with Gasteiger partial charge in [-0.3, -0.25) is 10.1 Å². The maximum atomic E-state index is 10.9. The number of aromatic nitrogens is 1. The number of nitriles is 1. The van der Waals surface area contributed by atoms with Gasteiger partial charge < -0.3 is 4.57 Å². The number of hydrogen-bond acceptors (Lipinski definition) is 3. The van der Waals surface area contributed by atoms with Crippen molar-refractivity contribution >= 4 is 39.9 Å². The van der Waals surface area contributed by atoms with Gasteiger partial charge in [0.05, 0.1) is 16.6 Å². The highest BCUT2D eigenvalue weighted by molar-refractivity contribution is 14.1. The average molecular weight is 545 g/mol. The zero-order valence-corrected chi connectivity index (χ0v) is 20.3. The van der Waals surface area contributed by atoms with Crippen molar-refractivity contribution in [3.63, 3.8) is 0 Å². The molecule has 0 aliphatic carbocycles. The van der Waals surface area contributed by atoms with Gasteiger partial charge in [0.2, 0.25) is 0 Å². The van der Waals surface area contributed by atoms with E-state index in [1.807, 2.05) is 68.5 Å². The molecule has 3 aromatic carbocycles. The van der Waals surface area contributed by atoms with Crippen LogP contribution in [0.5, 0.6) is 0 Å².